The van der Waals surface area contributed by atoms with E-state index in [9.17, 15) is 13.2 Å². The van der Waals surface area contributed by atoms with Gasteiger partial charge in [-0.05, 0) is 43.2 Å². The quantitative estimate of drug-likeness (QED) is 0.727. The first-order valence-electron chi connectivity index (χ1n) is 9.92. The van der Waals surface area contributed by atoms with E-state index < -0.39 is 10.0 Å². The lowest BCUT2D eigenvalue weighted by Gasteiger charge is -2.31. The first-order valence-corrected chi connectivity index (χ1v) is 11.7. The summed E-state index contributed by atoms with van der Waals surface area (Å²) in [5, 5.41) is 3.33. The van der Waals surface area contributed by atoms with Crippen LogP contribution in [0.15, 0.2) is 41.3 Å². The molecule has 2 heterocycles. The zero-order chi connectivity index (χ0) is 22.0. The van der Waals surface area contributed by atoms with Gasteiger partial charge in [0.15, 0.2) is 11.5 Å². The molecule has 1 fully saturated rings. The van der Waals surface area contributed by atoms with Crippen molar-refractivity contribution in [2.24, 2.45) is 5.92 Å². The molecule has 2 aliphatic heterocycles. The SMILES string of the molecule is COc1ccc(Cl)cc1NC(=O)C1CCN(S(=O)(=O)c2ccc3c(c2)OCCO3)CC1. The largest absolute Gasteiger partial charge is 0.495 e. The summed E-state index contributed by atoms with van der Waals surface area (Å²) in [7, 11) is -2.18. The van der Waals surface area contributed by atoms with Crippen LogP contribution in [0.25, 0.3) is 0 Å². The Kier molecular flexibility index (Phi) is 6.27. The molecule has 10 heteroatoms. The number of sulfonamides is 1. The number of rotatable bonds is 5. The monoisotopic (exact) mass is 466 g/mol. The molecule has 4 rings (SSSR count). The smallest absolute Gasteiger partial charge is 0.243 e. The first kappa shape index (κ1) is 21.7. The number of benzene rings is 2. The normalized spacial score (nSPS) is 17.2. The van der Waals surface area contributed by atoms with E-state index in [2.05, 4.69) is 5.32 Å². The van der Waals surface area contributed by atoms with Crippen molar-refractivity contribution in [1.82, 2.24) is 4.31 Å². The van der Waals surface area contributed by atoms with Crippen LogP contribution >= 0.6 is 11.6 Å². The van der Waals surface area contributed by atoms with Gasteiger partial charge in [-0.1, -0.05) is 11.6 Å². The maximum atomic E-state index is 13.1. The minimum atomic E-state index is -3.69. The van der Waals surface area contributed by atoms with Gasteiger partial charge in [-0.25, -0.2) is 8.42 Å². The van der Waals surface area contributed by atoms with Crippen LogP contribution in [-0.4, -0.2) is 52.0 Å². The average molecular weight is 467 g/mol. The third kappa shape index (κ3) is 4.58. The maximum Gasteiger partial charge on any atom is 0.243 e. The third-order valence-electron chi connectivity index (χ3n) is 5.40. The molecule has 2 aromatic rings. The molecule has 31 heavy (non-hydrogen) atoms. The number of ether oxygens (including phenoxy) is 3. The number of amides is 1. The highest BCUT2D eigenvalue weighted by Crippen LogP contribution is 2.34. The van der Waals surface area contributed by atoms with E-state index in [1.54, 1.807) is 24.3 Å². The number of carbonyl (C=O) groups is 1. The molecule has 0 aromatic heterocycles. The third-order valence-corrected chi connectivity index (χ3v) is 7.53. The summed E-state index contributed by atoms with van der Waals surface area (Å²) in [6.45, 7) is 1.33. The number of methoxy groups -OCH3 is 1. The average Bonchev–Trinajstić information content (AvgIpc) is 2.79. The summed E-state index contributed by atoms with van der Waals surface area (Å²) in [6.07, 6.45) is 0.830. The highest BCUT2D eigenvalue weighted by atomic mass is 35.5. The van der Waals surface area contributed by atoms with Crippen LogP contribution in [0.2, 0.25) is 5.02 Å². The lowest BCUT2D eigenvalue weighted by Crippen LogP contribution is -2.41. The second-order valence-corrected chi connectivity index (χ2v) is 9.69. The second-order valence-electron chi connectivity index (χ2n) is 7.32. The van der Waals surface area contributed by atoms with E-state index in [1.165, 1.54) is 23.5 Å². The number of piperidine rings is 1. The Labute approximate surface area is 186 Å². The Morgan fingerprint density at radius 3 is 2.52 bits per heavy atom. The molecular formula is C21H23ClN2O6S. The molecule has 8 nitrogen and oxygen atoms in total. The molecule has 0 atom stereocenters. The van der Waals surface area contributed by atoms with Crippen molar-refractivity contribution in [3.63, 3.8) is 0 Å². The van der Waals surface area contributed by atoms with E-state index in [-0.39, 0.29) is 29.8 Å². The van der Waals surface area contributed by atoms with E-state index in [4.69, 9.17) is 25.8 Å². The maximum absolute atomic E-state index is 13.1. The van der Waals surface area contributed by atoms with Crippen LogP contribution in [0.3, 0.4) is 0 Å². The lowest BCUT2D eigenvalue weighted by molar-refractivity contribution is -0.120. The number of hydrogen-bond donors (Lipinski definition) is 1. The summed E-state index contributed by atoms with van der Waals surface area (Å²) in [5.41, 5.74) is 0.492. The summed E-state index contributed by atoms with van der Waals surface area (Å²) in [6, 6.07) is 9.61. The van der Waals surface area contributed by atoms with E-state index in [0.717, 1.165) is 0 Å². The van der Waals surface area contributed by atoms with Gasteiger partial charge in [-0.15, -0.1) is 0 Å². The van der Waals surface area contributed by atoms with Crippen LogP contribution in [0.4, 0.5) is 5.69 Å². The fourth-order valence-corrected chi connectivity index (χ4v) is 5.36. The van der Waals surface area contributed by atoms with Gasteiger partial charge in [-0.3, -0.25) is 4.79 Å². The van der Waals surface area contributed by atoms with Crippen molar-refractivity contribution in [2.75, 3.05) is 38.7 Å². The lowest BCUT2D eigenvalue weighted by atomic mass is 9.97. The van der Waals surface area contributed by atoms with Gasteiger partial charge in [0, 0.05) is 30.1 Å². The molecule has 1 amide bonds. The molecule has 0 aliphatic carbocycles. The fraction of sp³-hybridized carbons (Fsp3) is 0.381. The minimum Gasteiger partial charge on any atom is -0.495 e. The second kappa shape index (κ2) is 8.94. The zero-order valence-electron chi connectivity index (χ0n) is 17.0. The Bertz CT molecular complexity index is 1080. The molecule has 0 radical (unpaired) electrons. The molecule has 2 aliphatic rings. The topological polar surface area (TPSA) is 94.2 Å². The van der Waals surface area contributed by atoms with Crippen molar-refractivity contribution in [2.45, 2.75) is 17.7 Å². The number of hydrogen-bond acceptors (Lipinski definition) is 6. The number of halogens is 1. The Balaban J connectivity index is 1.41. The fourth-order valence-electron chi connectivity index (χ4n) is 3.70. The van der Waals surface area contributed by atoms with E-state index in [0.29, 0.717) is 54.0 Å². The van der Waals surface area contributed by atoms with Crippen LogP contribution in [0.5, 0.6) is 17.2 Å². The highest BCUT2D eigenvalue weighted by molar-refractivity contribution is 7.89. The van der Waals surface area contributed by atoms with Gasteiger partial charge in [0.05, 0.1) is 17.7 Å². The van der Waals surface area contributed by atoms with Gasteiger partial charge in [0.1, 0.15) is 19.0 Å². The highest BCUT2D eigenvalue weighted by Gasteiger charge is 2.33. The van der Waals surface area contributed by atoms with Gasteiger partial charge in [0.2, 0.25) is 15.9 Å². The summed E-state index contributed by atoms with van der Waals surface area (Å²) < 4.78 is 43.7. The predicted molar refractivity (Wildman–Crippen MR) is 116 cm³/mol. The van der Waals surface area contributed by atoms with Crippen molar-refractivity contribution < 1.29 is 27.4 Å². The summed E-state index contributed by atoms with van der Waals surface area (Å²) >= 11 is 6.02. The van der Waals surface area contributed by atoms with Crippen molar-refractivity contribution in [3.8, 4) is 17.2 Å². The van der Waals surface area contributed by atoms with Gasteiger partial charge < -0.3 is 19.5 Å². The molecule has 166 valence electrons. The molecule has 0 saturated carbocycles. The Hall–Kier alpha value is -2.49. The Morgan fingerprint density at radius 2 is 1.81 bits per heavy atom. The van der Waals surface area contributed by atoms with Crippen LogP contribution in [-0.2, 0) is 14.8 Å². The van der Waals surface area contributed by atoms with Gasteiger partial charge in [0.25, 0.3) is 0 Å². The predicted octanol–water partition coefficient (Wildman–Crippen LogP) is 3.16. The minimum absolute atomic E-state index is 0.156. The molecular weight excluding hydrogens is 444 g/mol. The molecule has 0 bridgehead atoms. The molecule has 0 unspecified atom stereocenters. The standard InChI is InChI=1S/C21H23ClN2O6S/c1-28-18-4-2-15(22)12-17(18)23-21(25)14-6-8-24(9-7-14)31(26,27)16-3-5-19-20(13-16)30-11-10-29-19/h2-5,12-14H,6-11H2,1H3,(H,23,25). The van der Waals surface area contributed by atoms with Crippen molar-refractivity contribution in [1.29, 1.82) is 0 Å². The molecule has 0 spiro atoms. The van der Waals surface area contributed by atoms with Crippen LogP contribution in [0, 0.1) is 5.92 Å². The van der Waals surface area contributed by atoms with Crippen LogP contribution in [0.1, 0.15) is 12.8 Å². The number of nitrogens with zero attached hydrogens (tertiary/aromatic N) is 1. The first-order chi connectivity index (χ1) is 14.9. The number of anilines is 1. The number of carbonyl (C=O) groups excluding carboxylic acids is 1. The van der Waals surface area contributed by atoms with Gasteiger partial charge in [-0.2, -0.15) is 4.31 Å². The zero-order valence-corrected chi connectivity index (χ0v) is 18.5. The van der Waals surface area contributed by atoms with Gasteiger partial charge >= 0.3 is 0 Å². The van der Waals surface area contributed by atoms with E-state index >= 15 is 0 Å². The number of fused-ring (bicyclic) bond motifs is 1. The van der Waals surface area contributed by atoms with E-state index in [1.807, 2.05) is 0 Å². The molecule has 2 aromatic carbocycles. The number of nitrogens with one attached hydrogen (secondary N) is 1. The molecule has 1 saturated heterocycles. The van der Waals surface area contributed by atoms with Crippen LogP contribution < -0.4 is 19.5 Å². The summed E-state index contributed by atoms with van der Waals surface area (Å²) in [5.74, 6) is 0.984. The van der Waals surface area contributed by atoms with Crippen molar-refractivity contribution in [3.05, 3.63) is 41.4 Å². The summed E-state index contributed by atoms with van der Waals surface area (Å²) in [4.78, 5) is 12.9. The molecule has 1 N–H and O–H groups in total. The Morgan fingerprint density at radius 1 is 1.10 bits per heavy atom. The van der Waals surface area contributed by atoms with Crippen molar-refractivity contribution >= 4 is 33.2 Å².